The van der Waals surface area contributed by atoms with Crippen molar-refractivity contribution in [1.29, 1.82) is 0 Å². The third kappa shape index (κ3) is 2.12. The predicted molar refractivity (Wildman–Crippen MR) is 84.9 cm³/mol. The monoisotopic (exact) mass is 299 g/mol. The van der Waals surface area contributed by atoms with Crippen LogP contribution in [0, 0.1) is 6.92 Å². The summed E-state index contributed by atoms with van der Waals surface area (Å²) >= 11 is 1.82. The fourth-order valence-corrected chi connectivity index (χ4v) is 4.33. The van der Waals surface area contributed by atoms with Crippen LogP contribution >= 0.6 is 11.3 Å². The number of nitrogens with zero attached hydrogens (tertiary/aromatic N) is 2. The lowest BCUT2D eigenvalue weighted by Crippen LogP contribution is -2.08. The molecule has 1 N–H and O–H groups in total. The Kier molecular flexibility index (Phi) is 2.96. The Balaban J connectivity index is 1.80. The number of anilines is 1. The van der Waals surface area contributed by atoms with Crippen molar-refractivity contribution in [3.8, 4) is 0 Å². The zero-order valence-electron chi connectivity index (χ0n) is 12.1. The molecule has 0 spiro atoms. The molecule has 0 bridgehead atoms. The Bertz CT molecular complexity index is 792. The molecule has 1 atom stereocenters. The number of hydrogen-bond acceptors (Lipinski definition) is 5. The molecule has 4 rings (SSSR count). The number of thiophene rings is 1. The van der Waals surface area contributed by atoms with E-state index in [1.54, 1.807) is 6.26 Å². The lowest BCUT2D eigenvalue weighted by molar-refractivity contribution is 0.490. The van der Waals surface area contributed by atoms with E-state index in [0.29, 0.717) is 0 Å². The van der Waals surface area contributed by atoms with Crippen LogP contribution in [0.3, 0.4) is 0 Å². The van der Waals surface area contributed by atoms with Crippen molar-refractivity contribution in [2.45, 2.75) is 39.2 Å². The van der Waals surface area contributed by atoms with Gasteiger partial charge in [0, 0.05) is 4.88 Å². The molecule has 4 nitrogen and oxygen atoms in total. The largest absolute Gasteiger partial charge is 0.467 e. The van der Waals surface area contributed by atoms with Gasteiger partial charge < -0.3 is 9.73 Å². The topological polar surface area (TPSA) is 51.0 Å². The quantitative estimate of drug-likeness (QED) is 0.785. The molecule has 0 saturated carbocycles. The molecule has 0 saturated heterocycles. The summed E-state index contributed by atoms with van der Waals surface area (Å²) < 4.78 is 5.48. The molecule has 0 aliphatic heterocycles. The molecule has 0 unspecified atom stereocenters. The Hall–Kier alpha value is -1.88. The fourth-order valence-electron chi connectivity index (χ4n) is 3.02. The first-order valence-electron chi connectivity index (χ1n) is 7.31. The highest BCUT2D eigenvalue weighted by molar-refractivity contribution is 7.19. The summed E-state index contributed by atoms with van der Waals surface area (Å²) in [5.41, 5.74) is 1.45. The first kappa shape index (κ1) is 12.8. The smallest absolute Gasteiger partial charge is 0.139 e. The van der Waals surface area contributed by atoms with Gasteiger partial charge in [0.05, 0.1) is 17.7 Å². The van der Waals surface area contributed by atoms with Gasteiger partial charge in [-0.05, 0) is 50.8 Å². The molecule has 1 aliphatic rings. The molecule has 1 aliphatic carbocycles. The van der Waals surface area contributed by atoms with Crippen LogP contribution in [0.5, 0.6) is 0 Å². The minimum Gasteiger partial charge on any atom is -0.467 e. The second kappa shape index (κ2) is 4.84. The van der Waals surface area contributed by atoms with E-state index in [-0.39, 0.29) is 6.04 Å². The van der Waals surface area contributed by atoms with Crippen LogP contribution in [-0.2, 0) is 12.8 Å². The van der Waals surface area contributed by atoms with Gasteiger partial charge in [-0.15, -0.1) is 11.3 Å². The Morgan fingerprint density at radius 1 is 1.33 bits per heavy atom. The van der Waals surface area contributed by atoms with Crippen molar-refractivity contribution in [3.05, 3.63) is 40.4 Å². The van der Waals surface area contributed by atoms with E-state index in [1.807, 2.05) is 30.4 Å². The third-order valence-electron chi connectivity index (χ3n) is 4.00. The Morgan fingerprint density at radius 2 is 2.24 bits per heavy atom. The molecular formula is C16H17N3OS. The predicted octanol–water partition coefficient (Wildman–Crippen LogP) is 4.25. The first-order valence-corrected chi connectivity index (χ1v) is 8.13. The van der Waals surface area contributed by atoms with E-state index >= 15 is 0 Å². The van der Waals surface area contributed by atoms with E-state index in [2.05, 4.69) is 22.2 Å². The molecule has 21 heavy (non-hydrogen) atoms. The standard InChI is InChI=1S/C16H17N3OS/c1-9(12-6-4-8-20-12)17-15-14-11-5-3-7-13(11)21-16(14)19-10(2)18-15/h4,6,8-9H,3,5,7H2,1-2H3,(H,17,18,19)/t9-/m0/s1. The van der Waals surface area contributed by atoms with Gasteiger partial charge in [-0.1, -0.05) is 0 Å². The highest BCUT2D eigenvalue weighted by Gasteiger charge is 2.22. The molecule has 0 aromatic carbocycles. The lowest BCUT2D eigenvalue weighted by Gasteiger charge is -2.14. The maximum atomic E-state index is 5.48. The van der Waals surface area contributed by atoms with Gasteiger partial charge in [-0.25, -0.2) is 9.97 Å². The summed E-state index contributed by atoms with van der Waals surface area (Å²) in [6.45, 7) is 4.04. The number of aryl methyl sites for hydroxylation is 3. The summed E-state index contributed by atoms with van der Waals surface area (Å²) in [5.74, 6) is 2.68. The van der Waals surface area contributed by atoms with Crippen molar-refractivity contribution in [1.82, 2.24) is 9.97 Å². The summed E-state index contributed by atoms with van der Waals surface area (Å²) in [4.78, 5) is 11.9. The van der Waals surface area contributed by atoms with Crippen LogP contribution in [0.4, 0.5) is 5.82 Å². The van der Waals surface area contributed by atoms with E-state index in [1.165, 1.54) is 28.7 Å². The normalized spacial score (nSPS) is 15.3. The van der Waals surface area contributed by atoms with E-state index in [4.69, 9.17) is 4.42 Å². The van der Waals surface area contributed by atoms with Gasteiger partial charge in [0.25, 0.3) is 0 Å². The molecule has 3 aromatic rings. The van der Waals surface area contributed by atoms with Crippen molar-refractivity contribution >= 4 is 27.4 Å². The van der Waals surface area contributed by atoms with Gasteiger partial charge >= 0.3 is 0 Å². The van der Waals surface area contributed by atoms with Crippen LogP contribution in [-0.4, -0.2) is 9.97 Å². The average Bonchev–Trinajstić information content (AvgIpc) is 3.14. The van der Waals surface area contributed by atoms with E-state index in [9.17, 15) is 0 Å². The second-order valence-corrected chi connectivity index (χ2v) is 6.62. The van der Waals surface area contributed by atoms with Crippen molar-refractivity contribution < 1.29 is 4.42 Å². The highest BCUT2D eigenvalue weighted by Crippen LogP contribution is 2.40. The Morgan fingerprint density at radius 3 is 3.05 bits per heavy atom. The van der Waals surface area contributed by atoms with Gasteiger partial charge in [0.2, 0.25) is 0 Å². The van der Waals surface area contributed by atoms with Crippen LogP contribution in [0.15, 0.2) is 22.8 Å². The molecule has 3 aromatic heterocycles. The first-order chi connectivity index (χ1) is 10.2. The average molecular weight is 299 g/mol. The molecule has 0 amide bonds. The van der Waals surface area contributed by atoms with Crippen LogP contribution in [0.1, 0.15) is 41.4 Å². The van der Waals surface area contributed by atoms with Crippen LogP contribution < -0.4 is 5.32 Å². The Labute approximate surface area is 127 Å². The van der Waals surface area contributed by atoms with E-state index in [0.717, 1.165) is 28.7 Å². The number of rotatable bonds is 3. The highest BCUT2D eigenvalue weighted by atomic mass is 32.1. The molecule has 0 fully saturated rings. The summed E-state index contributed by atoms with van der Waals surface area (Å²) in [6, 6.07) is 3.99. The van der Waals surface area contributed by atoms with Gasteiger partial charge in [-0.2, -0.15) is 0 Å². The summed E-state index contributed by atoms with van der Waals surface area (Å²) in [6.07, 6.45) is 5.28. The summed E-state index contributed by atoms with van der Waals surface area (Å²) in [7, 11) is 0. The fraction of sp³-hybridized carbons (Fsp3) is 0.375. The number of fused-ring (bicyclic) bond motifs is 3. The number of furan rings is 1. The van der Waals surface area contributed by atoms with Crippen LogP contribution in [0.2, 0.25) is 0 Å². The zero-order valence-corrected chi connectivity index (χ0v) is 13.0. The molecule has 0 radical (unpaired) electrons. The summed E-state index contributed by atoms with van der Waals surface area (Å²) in [5, 5.41) is 4.72. The molecular weight excluding hydrogens is 282 g/mol. The molecule has 108 valence electrons. The number of nitrogens with one attached hydrogen (secondary N) is 1. The van der Waals surface area contributed by atoms with Crippen molar-refractivity contribution in [2.24, 2.45) is 0 Å². The van der Waals surface area contributed by atoms with Crippen LogP contribution in [0.25, 0.3) is 10.2 Å². The second-order valence-electron chi connectivity index (χ2n) is 5.54. The number of aromatic nitrogens is 2. The minimum atomic E-state index is 0.0921. The molecule has 3 heterocycles. The lowest BCUT2D eigenvalue weighted by atomic mass is 10.1. The molecule has 5 heteroatoms. The SMILES string of the molecule is Cc1nc(N[C@@H](C)c2ccco2)c2c3c(sc2n1)CCC3. The van der Waals surface area contributed by atoms with Crippen molar-refractivity contribution in [2.75, 3.05) is 5.32 Å². The number of hydrogen-bond donors (Lipinski definition) is 1. The van der Waals surface area contributed by atoms with E-state index < -0.39 is 0 Å². The van der Waals surface area contributed by atoms with Gasteiger partial charge in [-0.3, -0.25) is 0 Å². The van der Waals surface area contributed by atoms with Gasteiger partial charge in [0.1, 0.15) is 22.2 Å². The maximum Gasteiger partial charge on any atom is 0.139 e. The minimum absolute atomic E-state index is 0.0921. The van der Waals surface area contributed by atoms with Crippen molar-refractivity contribution in [3.63, 3.8) is 0 Å². The third-order valence-corrected chi connectivity index (χ3v) is 5.19. The maximum absolute atomic E-state index is 5.48. The zero-order chi connectivity index (χ0) is 14.4. The van der Waals surface area contributed by atoms with Gasteiger partial charge in [0.15, 0.2) is 0 Å².